The first-order valence-electron chi connectivity index (χ1n) is 4.66. The van der Waals surface area contributed by atoms with Crippen LogP contribution in [0, 0.1) is 0 Å². The van der Waals surface area contributed by atoms with E-state index < -0.39 is 0 Å². The molecular weight excluding hydrogens is 264 g/mol. The van der Waals surface area contributed by atoms with E-state index in [9.17, 15) is 0 Å². The van der Waals surface area contributed by atoms with Gasteiger partial charge in [0.1, 0.15) is 0 Å². The molecular formula is C8H15BrN4O2. The third kappa shape index (κ3) is 4.59. The Kier molecular flexibility index (Phi) is 5.59. The van der Waals surface area contributed by atoms with E-state index in [1.54, 1.807) is 11.8 Å². The van der Waals surface area contributed by atoms with Gasteiger partial charge in [0.2, 0.25) is 5.95 Å². The predicted molar refractivity (Wildman–Crippen MR) is 59.4 cm³/mol. The first-order chi connectivity index (χ1) is 7.24. The second-order valence-corrected chi connectivity index (χ2v) is 3.63. The number of methoxy groups -OCH3 is 1. The van der Waals surface area contributed by atoms with Gasteiger partial charge in [-0.05, 0) is 22.4 Å². The highest BCUT2D eigenvalue weighted by atomic mass is 79.9. The average Bonchev–Trinajstić information content (AvgIpc) is 2.51. The summed E-state index contributed by atoms with van der Waals surface area (Å²) in [6.45, 7) is 2.64. The molecule has 1 heterocycles. The minimum absolute atomic E-state index is 0.265. The Bertz CT molecular complexity index is 292. The molecule has 6 nitrogen and oxygen atoms in total. The summed E-state index contributed by atoms with van der Waals surface area (Å²) in [5.74, 6) is 0.265. The second kappa shape index (κ2) is 6.76. The van der Waals surface area contributed by atoms with E-state index in [1.165, 1.54) is 0 Å². The van der Waals surface area contributed by atoms with Crippen molar-refractivity contribution in [1.82, 2.24) is 14.8 Å². The average molecular weight is 279 g/mol. The van der Waals surface area contributed by atoms with Crippen LogP contribution < -0.4 is 5.73 Å². The van der Waals surface area contributed by atoms with Crippen LogP contribution in [0.2, 0.25) is 0 Å². The van der Waals surface area contributed by atoms with Crippen LogP contribution >= 0.6 is 15.9 Å². The Morgan fingerprint density at radius 3 is 2.80 bits per heavy atom. The fourth-order valence-electron chi connectivity index (χ4n) is 1.04. The highest BCUT2D eigenvalue weighted by Crippen LogP contribution is 2.07. The number of rotatable bonds is 7. The summed E-state index contributed by atoms with van der Waals surface area (Å²) in [6.07, 6.45) is 0.900. The van der Waals surface area contributed by atoms with Crippen molar-refractivity contribution in [2.75, 3.05) is 32.7 Å². The largest absolute Gasteiger partial charge is 0.385 e. The maximum Gasteiger partial charge on any atom is 0.240 e. The lowest BCUT2D eigenvalue weighted by atomic mass is 10.5. The molecule has 0 atom stereocenters. The molecule has 0 aliphatic carbocycles. The molecule has 0 saturated carbocycles. The van der Waals surface area contributed by atoms with E-state index >= 15 is 0 Å². The van der Waals surface area contributed by atoms with Crippen LogP contribution in [-0.4, -0.2) is 41.7 Å². The van der Waals surface area contributed by atoms with Crippen LogP contribution in [0.4, 0.5) is 5.95 Å². The number of nitrogen functional groups attached to an aromatic ring is 1. The van der Waals surface area contributed by atoms with Gasteiger partial charge in [-0.3, -0.25) is 0 Å². The van der Waals surface area contributed by atoms with Crippen molar-refractivity contribution in [1.29, 1.82) is 0 Å². The molecule has 1 rings (SSSR count). The number of ether oxygens (including phenoxy) is 2. The van der Waals surface area contributed by atoms with E-state index in [2.05, 4.69) is 26.0 Å². The maximum atomic E-state index is 5.42. The lowest BCUT2D eigenvalue weighted by Crippen LogP contribution is -2.09. The zero-order valence-corrected chi connectivity index (χ0v) is 10.2. The molecule has 0 radical (unpaired) electrons. The molecule has 1 aromatic heterocycles. The number of nitrogens with two attached hydrogens (primary N) is 1. The first-order valence-corrected chi connectivity index (χ1v) is 5.46. The van der Waals surface area contributed by atoms with Crippen molar-refractivity contribution in [3.05, 3.63) is 4.73 Å². The van der Waals surface area contributed by atoms with E-state index in [4.69, 9.17) is 15.2 Å². The molecule has 0 amide bonds. The van der Waals surface area contributed by atoms with Crippen LogP contribution in [0.3, 0.4) is 0 Å². The number of nitrogens with zero attached hydrogens (tertiary/aromatic N) is 3. The minimum atomic E-state index is 0.265. The molecule has 0 aliphatic heterocycles. The number of halogens is 1. The molecule has 15 heavy (non-hydrogen) atoms. The van der Waals surface area contributed by atoms with Gasteiger partial charge in [0.15, 0.2) is 4.73 Å². The minimum Gasteiger partial charge on any atom is -0.385 e. The van der Waals surface area contributed by atoms with Crippen molar-refractivity contribution in [2.24, 2.45) is 0 Å². The summed E-state index contributed by atoms with van der Waals surface area (Å²) in [5, 5.41) is 3.98. The molecule has 0 fully saturated rings. The highest BCUT2D eigenvalue weighted by molar-refractivity contribution is 9.10. The predicted octanol–water partition coefficient (Wildman–Crippen LogP) is 0.676. The Hall–Kier alpha value is -0.660. The third-order valence-corrected chi connectivity index (χ3v) is 2.31. The van der Waals surface area contributed by atoms with Gasteiger partial charge in [-0.15, -0.1) is 5.10 Å². The Morgan fingerprint density at radius 2 is 2.20 bits per heavy atom. The zero-order valence-electron chi connectivity index (χ0n) is 8.65. The van der Waals surface area contributed by atoms with Crippen molar-refractivity contribution in [2.45, 2.75) is 13.0 Å². The fourth-order valence-corrected chi connectivity index (χ4v) is 1.48. The van der Waals surface area contributed by atoms with Gasteiger partial charge in [-0.25, -0.2) is 4.68 Å². The van der Waals surface area contributed by atoms with Gasteiger partial charge in [0.25, 0.3) is 0 Å². The Morgan fingerprint density at radius 1 is 1.40 bits per heavy atom. The fraction of sp³-hybridized carbons (Fsp3) is 0.750. The summed E-state index contributed by atoms with van der Waals surface area (Å²) >= 11 is 3.24. The first kappa shape index (κ1) is 12.4. The van der Waals surface area contributed by atoms with Gasteiger partial charge in [0.05, 0.1) is 13.2 Å². The van der Waals surface area contributed by atoms with Crippen molar-refractivity contribution in [3.63, 3.8) is 0 Å². The van der Waals surface area contributed by atoms with Crippen LogP contribution in [0.5, 0.6) is 0 Å². The topological polar surface area (TPSA) is 75.2 Å². The highest BCUT2D eigenvalue weighted by Gasteiger charge is 2.03. The van der Waals surface area contributed by atoms with E-state index in [0.717, 1.165) is 13.0 Å². The lowest BCUT2D eigenvalue weighted by Gasteiger charge is -2.04. The molecule has 0 aliphatic rings. The quantitative estimate of drug-likeness (QED) is 0.743. The molecule has 2 N–H and O–H groups in total. The summed E-state index contributed by atoms with van der Waals surface area (Å²) in [7, 11) is 1.68. The molecule has 0 bridgehead atoms. The summed E-state index contributed by atoms with van der Waals surface area (Å²) in [4.78, 5) is 3.91. The van der Waals surface area contributed by atoms with Crippen LogP contribution in [0.25, 0.3) is 0 Å². The Labute approximate surface area is 96.9 Å². The van der Waals surface area contributed by atoms with Gasteiger partial charge < -0.3 is 15.2 Å². The van der Waals surface area contributed by atoms with Crippen LogP contribution in [0.15, 0.2) is 4.73 Å². The summed E-state index contributed by atoms with van der Waals surface area (Å²) in [6, 6.07) is 0. The van der Waals surface area contributed by atoms with Crippen LogP contribution in [0.1, 0.15) is 6.42 Å². The smallest absolute Gasteiger partial charge is 0.240 e. The molecule has 0 unspecified atom stereocenters. The van der Waals surface area contributed by atoms with Gasteiger partial charge >= 0.3 is 0 Å². The lowest BCUT2D eigenvalue weighted by molar-refractivity contribution is 0.0958. The molecule has 0 spiro atoms. The van der Waals surface area contributed by atoms with Gasteiger partial charge in [0, 0.05) is 20.3 Å². The maximum absolute atomic E-state index is 5.42. The number of hydrogen-bond donors (Lipinski definition) is 1. The molecule has 1 aromatic rings. The summed E-state index contributed by atoms with van der Waals surface area (Å²) in [5.41, 5.74) is 5.42. The van der Waals surface area contributed by atoms with Gasteiger partial charge in [-0.2, -0.15) is 4.98 Å². The monoisotopic (exact) mass is 278 g/mol. The Balaban J connectivity index is 2.12. The van der Waals surface area contributed by atoms with Gasteiger partial charge in [-0.1, -0.05) is 0 Å². The van der Waals surface area contributed by atoms with E-state index in [1.807, 2.05) is 0 Å². The van der Waals surface area contributed by atoms with Crippen molar-refractivity contribution < 1.29 is 9.47 Å². The number of aromatic nitrogens is 3. The van der Waals surface area contributed by atoms with Crippen molar-refractivity contribution >= 4 is 21.9 Å². The van der Waals surface area contributed by atoms with Crippen LogP contribution in [-0.2, 0) is 16.0 Å². The van der Waals surface area contributed by atoms with E-state index in [-0.39, 0.29) is 5.95 Å². The zero-order chi connectivity index (χ0) is 11.1. The second-order valence-electron chi connectivity index (χ2n) is 2.92. The van der Waals surface area contributed by atoms with E-state index in [0.29, 0.717) is 24.5 Å². The number of anilines is 1. The molecule has 0 saturated heterocycles. The normalized spacial score (nSPS) is 10.8. The molecule has 7 heteroatoms. The SMILES string of the molecule is COCCCOCCn1nc(N)nc1Br. The standard InChI is InChI=1S/C8H15BrN4O2/c1-14-4-2-5-15-6-3-13-7(9)11-8(10)12-13/h2-6H2,1H3,(H2,10,12). The number of hydrogen-bond acceptors (Lipinski definition) is 5. The third-order valence-electron chi connectivity index (χ3n) is 1.73. The molecule has 0 aromatic carbocycles. The summed E-state index contributed by atoms with van der Waals surface area (Å²) < 4.78 is 12.6. The molecule has 86 valence electrons. The van der Waals surface area contributed by atoms with Crippen molar-refractivity contribution in [3.8, 4) is 0 Å².